The van der Waals surface area contributed by atoms with Crippen molar-refractivity contribution in [2.45, 2.75) is 33.1 Å². The van der Waals surface area contributed by atoms with Crippen molar-refractivity contribution in [1.29, 1.82) is 0 Å². The molecule has 2 nitrogen and oxygen atoms in total. The van der Waals surface area contributed by atoms with Crippen molar-refractivity contribution < 1.29 is 0 Å². The Bertz CT molecular complexity index is 132. The molecule has 2 N–H and O–H groups in total. The van der Waals surface area contributed by atoms with Gasteiger partial charge in [0.05, 0.1) is 0 Å². The van der Waals surface area contributed by atoms with Crippen molar-refractivity contribution in [2.75, 3.05) is 26.2 Å². The zero-order chi connectivity index (χ0) is 9.03. The van der Waals surface area contributed by atoms with Crippen LogP contribution >= 0.6 is 0 Å². The standard InChI is InChI=1S/C10H22N2/c1-10(2)5-3-7-12(9-10)8-4-6-11/h3-9,11H2,1-2H3. The van der Waals surface area contributed by atoms with E-state index in [4.69, 9.17) is 5.73 Å². The summed E-state index contributed by atoms with van der Waals surface area (Å²) in [5.41, 5.74) is 6.02. The molecule has 0 amide bonds. The van der Waals surface area contributed by atoms with Crippen LogP contribution in [0.4, 0.5) is 0 Å². The van der Waals surface area contributed by atoms with Gasteiger partial charge in [0.2, 0.25) is 0 Å². The predicted octanol–water partition coefficient (Wildman–Crippen LogP) is 1.46. The molecule has 1 fully saturated rings. The molecule has 0 atom stereocenters. The number of rotatable bonds is 3. The maximum absolute atomic E-state index is 5.49. The monoisotopic (exact) mass is 170 g/mol. The first-order valence-electron chi connectivity index (χ1n) is 5.06. The summed E-state index contributed by atoms with van der Waals surface area (Å²) in [4.78, 5) is 2.55. The fraction of sp³-hybridized carbons (Fsp3) is 1.00. The van der Waals surface area contributed by atoms with Gasteiger partial charge in [0.1, 0.15) is 0 Å². The Morgan fingerprint density at radius 1 is 1.42 bits per heavy atom. The molecule has 1 aliphatic heterocycles. The highest BCUT2D eigenvalue weighted by molar-refractivity contribution is 4.79. The van der Waals surface area contributed by atoms with Gasteiger partial charge in [-0.15, -0.1) is 0 Å². The minimum Gasteiger partial charge on any atom is -0.330 e. The van der Waals surface area contributed by atoms with Crippen LogP contribution in [0, 0.1) is 5.41 Å². The summed E-state index contributed by atoms with van der Waals surface area (Å²) in [6.45, 7) is 9.29. The first-order valence-corrected chi connectivity index (χ1v) is 5.06. The number of nitrogens with two attached hydrogens (primary N) is 1. The van der Waals surface area contributed by atoms with E-state index >= 15 is 0 Å². The van der Waals surface area contributed by atoms with Crippen LogP contribution in [0.3, 0.4) is 0 Å². The van der Waals surface area contributed by atoms with Crippen molar-refractivity contribution in [3.63, 3.8) is 0 Å². The average Bonchev–Trinajstić information content (AvgIpc) is 1.99. The molecule has 2 heteroatoms. The number of hydrogen-bond donors (Lipinski definition) is 1. The van der Waals surface area contributed by atoms with E-state index in [1.165, 1.54) is 32.5 Å². The SMILES string of the molecule is CC1(C)CCCN(CCCN)C1. The Morgan fingerprint density at radius 3 is 2.75 bits per heavy atom. The summed E-state index contributed by atoms with van der Waals surface area (Å²) in [6, 6.07) is 0. The number of hydrogen-bond acceptors (Lipinski definition) is 2. The highest BCUT2D eigenvalue weighted by atomic mass is 15.1. The van der Waals surface area contributed by atoms with Crippen molar-refractivity contribution in [1.82, 2.24) is 4.90 Å². The van der Waals surface area contributed by atoms with E-state index < -0.39 is 0 Å². The maximum atomic E-state index is 5.49. The Kier molecular flexibility index (Phi) is 3.53. The molecule has 1 saturated heterocycles. The van der Waals surface area contributed by atoms with E-state index in [0.717, 1.165) is 13.0 Å². The zero-order valence-electron chi connectivity index (χ0n) is 8.47. The van der Waals surface area contributed by atoms with Crippen molar-refractivity contribution in [3.05, 3.63) is 0 Å². The summed E-state index contributed by atoms with van der Waals surface area (Å²) in [5, 5.41) is 0. The molecule has 1 aliphatic rings. The molecule has 0 aliphatic carbocycles. The summed E-state index contributed by atoms with van der Waals surface area (Å²) in [7, 11) is 0. The lowest BCUT2D eigenvalue weighted by molar-refractivity contribution is 0.117. The van der Waals surface area contributed by atoms with Crippen LogP contribution in [0.25, 0.3) is 0 Å². The number of nitrogens with zero attached hydrogens (tertiary/aromatic N) is 1. The van der Waals surface area contributed by atoms with Gasteiger partial charge in [-0.05, 0) is 44.3 Å². The van der Waals surface area contributed by atoms with Gasteiger partial charge < -0.3 is 10.6 Å². The largest absolute Gasteiger partial charge is 0.330 e. The smallest absolute Gasteiger partial charge is 0.00327 e. The van der Waals surface area contributed by atoms with Crippen LogP contribution in [-0.2, 0) is 0 Å². The quantitative estimate of drug-likeness (QED) is 0.695. The molecule has 0 aromatic rings. The van der Waals surface area contributed by atoms with E-state index in [-0.39, 0.29) is 0 Å². The first-order chi connectivity index (χ1) is 5.64. The van der Waals surface area contributed by atoms with Gasteiger partial charge >= 0.3 is 0 Å². The molecule has 0 spiro atoms. The highest BCUT2D eigenvalue weighted by Crippen LogP contribution is 2.28. The van der Waals surface area contributed by atoms with Gasteiger partial charge in [-0.25, -0.2) is 0 Å². The van der Waals surface area contributed by atoms with Gasteiger partial charge in [-0.1, -0.05) is 13.8 Å². The van der Waals surface area contributed by atoms with Crippen LogP contribution in [-0.4, -0.2) is 31.1 Å². The fourth-order valence-electron chi connectivity index (χ4n) is 2.05. The van der Waals surface area contributed by atoms with E-state index in [2.05, 4.69) is 18.7 Å². The van der Waals surface area contributed by atoms with E-state index in [1.807, 2.05) is 0 Å². The van der Waals surface area contributed by atoms with Crippen molar-refractivity contribution >= 4 is 0 Å². The lowest BCUT2D eigenvalue weighted by Crippen LogP contribution is -2.40. The number of piperidine rings is 1. The summed E-state index contributed by atoms with van der Waals surface area (Å²) < 4.78 is 0. The minimum absolute atomic E-state index is 0.535. The molecule has 1 rings (SSSR count). The Labute approximate surface area is 76.1 Å². The zero-order valence-corrected chi connectivity index (χ0v) is 8.47. The molecule has 0 saturated carbocycles. The molecule has 0 unspecified atom stereocenters. The Hall–Kier alpha value is -0.0800. The Balaban J connectivity index is 2.26. The maximum Gasteiger partial charge on any atom is 0.00327 e. The topological polar surface area (TPSA) is 29.3 Å². The molecule has 0 aromatic carbocycles. The van der Waals surface area contributed by atoms with Crippen molar-refractivity contribution in [2.24, 2.45) is 11.1 Å². The summed E-state index contributed by atoms with van der Waals surface area (Å²) in [5.74, 6) is 0. The van der Waals surface area contributed by atoms with Crippen molar-refractivity contribution in [3.8, 4) is 0 Å². The third kappa shape index (κ3) is 3.11. The van der Waals surface area contributed by atoms with E-state index in [9.17, 15) is 0 Å². The molecule has 12 heavy (non-hydrogen) atoms. The predicted molar refractivity (Wildman–Crippen MR) is 53.1 cm³/mol. The Morgan fingerprint density at radius 2 is 2.17 bits per heavy atom. The van der Waals surface area contributed by atoms with Gasteiger partial charge in [0.15, 0.2) is 0 Å². The molecule has 0 bridgehead atoms. The lowest BCUT2D eigenvalue weighted by atomic mass is 9.84. The fourth-order valence-corrected chi connectivity index (χ4v) is 2.05. The van der Waals surface area contributed by atoms with E-state index in [0.29, 0.717) is 5.41 Å². The van der Waals surface area contributed by atoms with Crippen LogP contribution in [0.2, 0.25) is 0 Å². The lowest BCUT2D eigenvalue weighted by Gasteiger charge is -2.38. The first kappa shape index (κ1) is 10.0. The molecular weight excluding hydrogens is 148 g/mol. The van der Waals surface area contributed by atoms with E-state index in [1.54, 1.807) is 0 Å². The normalized spacial score (nSPS) is 24.2. The molecular formula is C10H22N2. The molecule has 72 valence electrons. The third-order valence-electron chi connectivity index (χ3n) is 2.66. The third-order valence-corrected chi connectivity index (χ3v) is 2.66. The molecule has 0 radical (unpaired) electrons. The van der Waals surface area contributed by atoms with Crippen LogP contribution < -0.4 is 5.73 Å². The van der Waals surface area contributed by atoms with Gasteiger partial charge in [-0.3, -0.25) is 0 Å². The highest BCUT2D eigenvalue weighted by Gasteiger charge is 2.25. The van der Waals surface area contributed by atoms with Crippen LogP contribution in [0.1, 0.15) is 33.1 Å². The average molecular weight is 170 g/mol. The van der Waals surface area contributed by atoms with Gasteiger partial charge in [0.25, 0.3) is 0 Å². The van der Waals surface area contributed by atoms with Crippen LogP contribution in [0.5, 0.6) is 0 Å². The molecule has 1 heterocycles. The summed E-state index contributed by atoms with van der Waals surface area (Å²) in [6.07, 6.45) is 3.89. The van der Waals surface area contributed by atoms with Crippen LogP contribution in [0.15, 0.2) is 0 Å². The number of likely N-dealkylation sites (tertiary alicyclic amines) is 1. The second kappa shape index (κ2) is 4.24. The second-order valence-electron chi connectivity index (χ2n) is 4.69. The van der Waals surface area contributed by atoms with Gasteiger partial charge in [0, 0.05) is 6.54 Å². The second-order valence-corrected chi connectivity index (χ2v) is 4.69. The molecule has 0 aromatic heterocycles. The van der Waals surface area contributed by atoms with Gasteiger partial charge in [-0.2, -0.15) is 0 Å². The minimum atomic E-state index is 0.535. The summed E-state index contributed by atoms with van der Waals surface area (Å²) >= 11 is 0.